The lowest BCUT2D eigenvalue weighted by molar-refractivity contribution is 0.0922. The second kappa shape index (κ2) is 7.70. The first-order valence-corrected chi connectivity index (χ1v) is 8.78. The molecular formula is C21H21F2N3O. The number of carbonyl (C=O) groups is 1. The largest absolute Gasteiger partial charge is 0.348 e. The zero-order valence-corrected chi connectivity index (χ0v) is 15.4. The van der Waals surface area contributed by atoms with Gasteiger partial charge in [-0.2, -0.15) is 5.10 Å². The molecule has 0 radical (unpaired) electrons. The van der Waals surface area contributed by atoms with Crippen LogP contribution in [-0.2, 0) is 0 Å². The van der Waals surface area contributed by atoms with Crippen LogP contribution in [0.2, 0.25) is 0 Å². The third-order valence-electron chi connectivity index (χ3n) is 4.52. The summed E-state index contributed by atoms with van der Waals surface area (Å²) in [6.07, 6.45) is 0. The van der Waals surface area contributed by atoms with Gasteiger partial charge in [-0.1, -0.05) is 26.0 Å². The molecule has 0 aliphatic carbocycles. The van der Waals surface area contributed by atoms with Gasteiger partial charge in [-0.15, -0.1) is 0 Å². The van der Waals surface area contributed by atoms with Crippen LogP contribution in [0.4, 0.5) is 8.78 Å². The number of halogens is 2. The number of hydrogen-bond acceptors (Lipinski definition) is 2. The lowest BCUT2D eigenvalue weighted by atomic mass is 10.1. The predicted octanol–water partition coefficient (Wildman–Crippen LogP) is 4.59. The Labute approximate surface area is 156 Å². The molecule has 1 N–H and O–H groups in total. The highest BCUT2D eigenvalue weighted by molar-refractivity contribution is 5.94. The first kappa shape index (κ1) is 18.8. The predicted molar refractivity (Wildman–Crippen MR) is 101 cm³/mol. The SMILES string of the molecule is CC(C)[C@@H](C)NC(=O)c1cc(-c2ccccc2F)nn1-c1ccc(F)cc1. The lowest BCUT2D eigenvalue weighted by Crippen LogP contribution is -2.37. The number of aromatic nitrogens is 2. The second-order valence-corrected chi connectivity index (χ2v) is 6.79. The molecule has 0 spiro atoms. The van der Waals surface area contributed by atoms with Crippen molar-refractivity contribution in [2.45, 2.75) is 26.8 Å². The number of carbonyl (C=O) groups excluding carboxylic acids is 1. The van der Waals surface area contributed by atoms with E-state index in [2.05, 4.69) is 10.4 Å². The summed E-state index contributed by atoms with van der Waals surface area (Å²) in [6, 6.07) is 13.4. The maximum atomic E-state index is 14.2. The van der Waals surface area contributed by atoms with Crippen molar-refractivity contribution >= 4 is 5.91 Å². The fourth-order valence-corrected chi connectivity index (χ4v) is 2.57. The molecule has 0 aliphatic heterocycles. The van der Waals surface area contributed by atoms with Gasteiger partial charge in [0, 0.05) is 11.6 Å². The first-order chi connectivity index (χ1) is 12.9. The van der Waals surface area contributed by atoms with Crippen LogP contribution in [0.15, 0.2) is 54.6 Å². The Bertz CT molecular complexity index is 948. The van der Waals surface area contributed by atoms with Crippen LogP contribution in [0.25, 0.3) is 16.9 Å². The number of hydrogen-bond donors (Lipinski definition) is 1. The molecule has 1 aromatic heterocycles. The fourth-order valence-electron chi connectivity index (χ4n) is 2.57. The van der Waals surface area contributed by atoms with Crippen molar-refractivity contribution in [2.75, 3.05) is 0 Å². The van der Waals surface area contributed by atoms with Crippen LogP contribution in [0, 0.1) is 17.6 Å². The maximum absolute atomic E-state index is 14.2. The normalized spacial score (nSPS) is 12.2. The molecule has 1 heterocycles. The van der Waals surface area contributed by atoms with Crippen molar-refractivity contribution in [1.29, 1.82) is 0 Å². The van der Waals surface area contributed by atoms with E-state index in [0.717, 1.165) is 0 Å². The monoisotopic (exact) mass is 369 g/mol. The van der Waals surface area contributed by atoms with E-state index in [1.165, 1.54) is 35.0 Å². The number of amides is 1. The lowest BCUT2D eigenvalue weighted by Gasteiger charge is -2.17. The smallest absolute Gasteiger partial charge is 0.270 e. The van der Waals surface area contributed by atoms with E-state index in [1.54, 1.807) is 24.3 Å². The van der Waals surface area contributed by atoms with Gasteiger partial charge in [-0.3, -0.25) is 4.79 Å². The molecule has 140 valence electrons. The number of rotatable bonds is 5. The molecule has 2 aromatic carbocycles. The highest BCUT2D eigenvalue weighted by atomic mass is 19.1. The molecule has 1 atom stereocenters. The standard InChI is InChI=1S/C21H21F2N3O/c1-13(2)14(3)24-21(27)20-12-19(17-6-4-5-7-18(17)23)25-26(20)16-10-8-15(22)9-11-16/h4-14H,1-3H3,(H,24,27)/t14-/m1/s1. The van der Waals surface area contributed by atoms with Gasteiger partial charge in [-0.25, -0.2) is 13.5 Å². The number of benzene rings is 2. The molecule has 3 rings (SSSR count). The van der Waals surface area contributed by atoms with Crippen LogP contribution < -0.4 is 5.32 Å². The van der Waals surface area contributed by atoms with Crippen LogP contribution in [0.1, 0.15) is 31.3 Å². The zero-order chi connectivity index (χ0) is 19.6. The van der Waals surface area contributed by atoms with Gasteiger partial charge in [0.1, 0.15) is 17.3 Å². The van der Waals surface area contributed by atoms with E-state index in [9.17, 15) is 13.6 Å². The average Bonchev–Trinajstić information content (AvgIpc) is 3.07. The van der Waals surface area contributed by atoms with Crippen LogP contribution in [0.3, 0.4) is 0 Å². The van der Waals surface area contributed by atoms with Gasteiger partial charge in [-0.05, 0) is 55.3 Å². The third kappa shape index (κ3) is 4.05. The van der Waals surface area contributed by atoms with Gasteiger partial charge < -0.3 is 5.32 Å². The minimum atomic E-state index is -0.427. The Hall–Kier alpha value is -3.02. The van der Waals surface area contributed by atoms with Crippen molar-refractivity contribution in [3.8, 4) is 16.9 Å². The number of nitrogens with one attached hydrogen (secondary N) is 1. The molecule has 0 aliphatic rings. The Balaban J connectivity index is 2.08. The van der Waals surface area contributed by atoms with Gasteiger partial charge in [0.2, 0.25) is 0 Å². The summed E-state index contributed by atoms with van der Waals surface area (Å²) >= 11 is 0. The Kier molecular flexibility index (Phi) is 5.35. The average molecular weight is 369 g/mol. The van der Waals surface area contributed by atoms with Crippen molar-refractivity contribution in [3.63, 3.8) is 0 Å². The topological polar surface area (TPSA) is 46.9 Å². The number of nitrogens with zero attached hydrogens (tertiary/aromatic N) is 2. The minimum absolute atomic E-state index is 0.0500. The third-order valence-corrected chi connectivity index (χ3v) is 4.52. The molecule has 3 aromatic rings. The molecule has 0 unspecified atom stereocenters. The molecule has 4 nitrogen and oxygen atoms in total. The Morgan fingerprint density at radius 1 is 1.04 bits per heavy atom. The Morgan fingerprint density at radius 3 is 2.33 bits per heavy atom. The molecule has 6 heteroatoms. The van der Waals surface area contributed by atoms with Gasteiger partial charge in [0.05, 0.1) is 11.4 Å². The fraction of sp³-hybridized carbons (Fsp3) is 0.238. The second-order valence-electron chi connectivity index (χ2n) is 6.79. The quantitative estimate of drug-likeness (QED) is 0.715. The van der Waals surface area contributed by atoms with E-state index in [4.69, 9.17) is 0 Å². The van der Waals surface area contributed by atoms with Crippen molar-refractivity contribution < 1.29 is 13.6 Å². The van der Waals surface area contributed by atoms with Crippen molar-refractivity contribution in [2.24, 2.45) is 5.92 Å². The van der Waals surface area contributed by atoms with Gasteiger partial charge in [0.25, 0.3) is 5.91 Å². The Morgan fingerprint density at radius 2 is 1.70 bits per heavy atom. The molecule has 1 amide bonds. The van der Waals surface area contributed by atoms with E-state index < -0.39 is 5.82 Å². The summed E-state index contributed by atoms with van der Waals surface area (Å²) in [5, 5.41) is 7.34. The molecule has 0 saturated heterocycles. The molecule has 27 heavy (non-hydrogen) atoms. The maximum Gasteiger partial charge on any atom is 0.270 e. The molecule has 0 fully saturated rings. The summed E-state index contributed by atoms with van der Waals surface area (Å²) in [7, 11) is 0. The van der Waals surface area contributed by atoms with E-state index >= 15 is 0 Å². The summed E-state index contributed by atoms with van der Waals surface area (Å²) in [6.45, 7) is 5.93. The molecule has 0 saturated carbocycles. The van der Waals surface area contributed by atoms with Crippen LogP contribution in [0.5, 0.6) is 0 Å². The van der Waals surface area contributed by atoms with Crippen LogP contribution in [-0.4, -0.2) is 21.7 Å². The summed E-state index contributed by atoms with van der Waals surface area (Å²) in [5.41, 5.74) is 1.40. The van der Waals surface area contributed by atoms with E-state index in [0.29, 0.717) is 16.9 Å². The first-order valence-electron chi connectivity index (χ1n) is 8.78. The minimum Gasteiger partial charge on any atom is -0.348 e. The summed E-state index contributed by atoms with van der Waals surface area (Å²) in [4.78, 5) is 12.8. The molecular weight excluding hydrogens is 348 g/mol. The zero-order valence-electron chi connectivity index (χ0n) is 15.4. The van der Waals surface area contributed by atoms with Gasteiger partial charge in [0.15, 0.2) is 0 Å². The van der Waals surface area contributed by atoms with Gasteiger partial charge >= 0.3 is 0 Å². The van der Waals surface area contributed by atoms with Crippen LogP contribution >= 0.6 is 0 Å². The van der Waals surface area contributed by atoms with Crippen molar-refractivity contribution in [3.05, 3.63) is 71.9 Å². The highest BCUT2D eigenvalue weighted by Crippen LogP contribution is 2.24. The summed E-state index contributed by atoms with van der Waals surface area (Å²) < 4.78 is 28.9. The summed E-state index contributed by atoms with van der Waals surface area (Å²) in [5.74, 6) is -0.888. The molecule has 0 bridgehead atoms. The highest BCUT2D eigenvalue weighted by Gasteiger charge is 2.21. The van der Waals surface area contributed by atoms with E-state index in [1.807, 2.05) is 20.8 Å². The van der Waals surface area contributed by atoms with E-state index in [-0.39, 0.29) is 29.4 Å². The van der Waals surface area contributed by atoms with Crippen molar-refractivity contribution in [1.82, 2.24) is 15.1 Å².